The Morgan fingerprint density at radius 3 is 2.75 bits per heavy atom. The number of benzene rings is 1. The van der Waals surface area contributed by atoms with Crippen molar-refractivity contribution in [3.05, 3.63) is 33.4 Å². The molecule has 1 fully saturated rings. The van der Waals surface area contributed by atoms with Crippen LogP contribution in [0.1, 0.15) is 22.3 Å². The van der Waals surface area contributed by atoms with E-state index in [0.29, 0.717) is 24.5 Å². The molecule has 1 saturated heterocycles. The summed E-state index contributed by atoms with van der Waals surface area (Å²) in [6, 6.07) is 2.68. The third-order valence-electron chi connectivity index (χ3n) is 3.63. The number of hydrogen-bond acceptors (Lipinski definition) is 5. The number of nitrogens with zero attached hydrogens (tertiary/aromatic N) is 2. The monoisotopic (exact) mass is 280 g/mol. The lowest BCUT2D eigenvalue weighted by Gasteiger charge is -2.27. The molecule has 0 aromatic heterocycles. The van der Waals surface area contributed by atoms with E-state index in [1.165, 1.54) is 6.07 Å². The molecule has 0 aliphatic carbocycles. The maximum Gasteiger partial charge on any atom is 0.336 e. The highest BCUT2D eigenvalue weighted by Crippen LogP contribution is 2.32. The van der Waals surface area contributed by atoms with E-state index in [-0.39, 0.29) is 17.3 Å². The van der Waals surface area contributed by atoms with Crippen molar-refractivity contribution in [2.24, 2.45) is 0 Å². The van der Waals surface area contributed by atoms with Crippen molar-refractivity contribution < 1.29 is 19.6 Å². The van der Waals surface area contributed by atoms with Gasteiger partial charge in [0.15, 0.2) is 0 Å². The Morgan fingerprint density at radius 2 is 2.25 bits per heavy atom. The SMILES string of the molecule is Cc1c(N(C)C2CCOC2)cc(C(=O)O)cc1[N+](=O)[O-]. The molecule has 1 aromatic carbocycles. The van der Waals surface area contributed by atoms with Crippen LogP contribution in [0, 0.1) is 17.0 Å². The third kappa shape index (κ3) is 2.57. The van der Waals surface area contributed by atoms with Gasteiger partial charge in [0.1, 0.15) is 0 Å². The van der Waals surface area contributed by atoms with Gasteiger partial charge < -0.3 is 14.7 Å². The van der Waals surface area contributed by atoms with Crippen LogP contribution in [0.25, 0.3) is 0 Å². The minimum Gasteiger partial charge on any atom is -0.478 e. The van der Waals surface area contributed by atoms with Gasteiger partial charge in [-0.3, -0.25) is 10.1 Å². The molecule has 1 atom stereocenters. The highest BCUT2D eigenvalue weighted by molar-refractivity contribution is 5.90. The van der Waals surface area contributed by atoms with E-state index in [0.717, 1.165) is 12.5 Å². The highest BCUT2D eigenvalue weighted by atomic mass is 16.6. The lowest BCUT2D eigenvalue weighted by molar-refractivity contribution is -0.385. The van der Waals surface area contributed by atoms with Crippen LogP contribution < -0.4 is 4.90 Å². The van der Waals surface area contributed by atoms with Crippen LogP contribution in [-0.4, -0.2) is 42.3 Å². The predicted molar refractivity (Wildman–Crippen MR) is 72.4 cm³/mol. The van der Waals surface area contributed by atoms with Crippen molar-refractivity contribution in [3.63, 3.8) is 0 Å². The Morgan fingerprint density at radius 1 is 1.55 bits per heavy atom. The standard InChI is InChI=1S/C13H16N2O5/c1-8-11(14(2)10-3-4-20-7-10)5-9(13(16)17)6-12(8)15(18)19/h5-6,10H,3-4,7H2,1-2H3,(H,16,17). The second-order valence-electron chi connectivity index (χ2n) is 4.83. The topological polar surface area (TPSA) is 92.9 Å². The van der Waals surface area contributed by atoms with Crippen LogP contribution in [0.5, 0.6) is 0 Å². The minimum atomic E-state index is -1.18. The van der Waals surface area contributed by atoms with Crippen molar-refractivity contribution in [1.82, 2.24) is 0 Å². The molecule has 108 valence electrons. The molecule has 1 N–H and O–H groups in total. The largest absolute Gasteiger partial charge is 0.478 e. The number of anilines is 1. The lowest BCUT2D eigenvalue weighted by Crippen LogP contribution is -2.32. The molecule has 1 aliphatic rings. The average molecular weight is 280 g/mol. The fourth-order valence-electron chi connectivity index (χ4n) is 2.39. The van der Waals surface area contributed by atoms with Gasteiger partial charge in [-0.2, -0.15) is 0 Å². The molecule has 7 nitrogen and oxygen atoms in total. The highest BCUT2D eigenvalue weighted by Gasteiger charge is 2.26. The zero-order valence-corrected chi connectivity index (χ0v) is 11.3. The molecule has 0 spiro atoms. The molecular weight excluding hydrogens is 264 g/mol. The van der Waals surface area contributed by atoms with Gasteiger partial charge in [0.2, 0.25) is 0 Å². The predicted octanol–water partition coefficient (Wildman–Crippen LogP) is 1.83. The van der Waals surface area contributed by atoms with Gasteiger partial charge in [0, 0.05) is 25.4 Å². The van der Waals surface area contributed by atoms with Gasteiger partial charge in [-0.25, -0.2) is 4.79 Å². The van der Waals surface area contributed by atoms with Gasteiger partial charge in [-0.05, 0) is 19.4 Å². The Labute approximate surface area is 115 Å². The number of hydrogen-bond donors (Lipinski definition) is 1. The van der Waals surface area contributed by atoms with Crippen molar-refractivity contribution in [1.29, 1.82) is 0 Å². The summed E-state index contributed by atoms with van der Waals surface area (Å²) in [7, 11) is 1.80. The molecule has 0 amide bonds. The van der Waals surface area contributed by atoms with Gasteiger partial charge >= 0.3 is 5.97 Å². The summed E-state index contributed by atoms with van der Waals surface area (Å²) >= 11 is 0. The van der Waals surface area contributed by atoms with Gasteiger partial charge in [-0.15, -0.1) is 0 Å². The number of carboxylic acids is 1. The molecule has 0 saturated carbocycles. The molecule has 1 aromatic rings. The second-order valence-corrected chi connectivity index (χ2v) is 4.83. The van der Waals surface area contributed by atoms with Crippen LogP contribution in [0.4, 0.5) is 11.4 Å². The molecule has 7 heteroatoms. The van der Waals surface area contributed by atoms with E-state index >= 15 is 0 Å². The minimum absolute atomic E-state index is 0.0805. The molecule has 2 rings (SSSR count). The molecule has 1 aliphatic heterocycles. The number of aromatic carboxylic acids is 1. The summed E-state index contributed by atoms with van der Waals surface area (Å²) in [4.78, 5) is 23.5. The van der Waals surface area contributed by atoms with Gasteiger partial charge in [-0.1, -0.05) is 0 Å². The first-order valence-electron chi connectivity index (χ1n) is 6.24. The molecule has 0 radical (unpaired) electrons. The number of nitro benzene ring substituents is 1. The van der Waals surface area contributed by atoms with E-state index in [1.807, 2.05) is 4.90 Å². The van der Waals surface area contributed by atoms with Gasteiger partial charge in [0.05, 0.1) is 28.7 Å². The Kier molecular flexibility index (Phi) is 3.89. The maximum atomic E-state index is 11.1. The fourth-order valence-corrected chi connectivity index (χ4v) is 2.39. The Hall–Kier alpha value is -2.15. The van der Waals surface area contributed by atoms with E-state index in [9.17, 15) is 14.9 Å². The number of likely N-dealkylation sites (N-methyl/N-ethyl adjacent to an activating group) is 1. The molecule has 1 heterocycles. The summed E-state index contributed by atoms with van der Waals surface area (Å²) in [6.45, 7) is 2.82. The smallest absolute Gasteiger partial charge is 0.336 e. The van der Waals surface area contributed by atoms with Crippen molar-refractivity contribution in [2.45, 2.75) is 19.4 Å². The molecule has 1 unspecified atom stereocenters. The summed E-state index contributed by atoms with van der Waals surface area (Å²) < 4.78 is 5.30. The lowest BCUT2D eigenvalue weighted by atomic mass is 10.0. The third-order valence-corrected chi connectivity index (χ3v) is 3.63. The Bertz CT molecular complexity index is 552. The zero-order chi connectivity index (χ0) is 14.9. The van der Waals surface area contributed by atoms with E-state index in [1.54, 1.807) is 14.0 Å². The fraction of sp³-hybridized carbons (Fsp3) is 0.462. The quantitative estimate of drug-likeness (QED) is 0.668. The average Bonchev–Trinajstić information content (AvgIpc) is 2.91. The van der Waals surface area contributed by atoms with E-state index < -0.39 is 10.9 Å². The zero-order valence-electron chi connectivity index (χ0n) is 11.3. The van der Waals surface area contributed by atoms with Crippen LogP contribution in [0.2, 0.25) is 0 Å². The van der Waals surface area contributed by atoms with E-state index in [4.69, 9.17) is 9.84 Å². The van der Waals surface area contributed by atoms with Crippen LogP contribution in [0.3, 0.4) is 0 Å². The van der Waals surface area contributed by atoms with E-state index in [2.05, 4.69) is 0 Å². The summed E-state index contributed by atoms with van der Waals surface area (Å²) in [5.41, 5.74) is 0.773. The summed E-state index contributed by atoms with van der Waals surface area (Å²) in [6.07, 6.45) is 0.820. The maximum absolute atomic E-state index is 11.1. The van der Waals surface area contributed by atoms with Crippen molar-refractivity contribution in [3.8, 4) is 0 Å². The van der Waals surface area contributed by atoms with Crippen molar-refractivity contribution in [2.75, 3.05) is 25.2 Å². The Balaban J connectivity index is 2.49. The van der Waals surface area contributed by atoms with Crippen LogP contribution in [-0.2, 0) is 4.74 Å². The summed E-state index contributed by atoms with van der Waals surface area (Å²) in [5.74, 6) is -1.18. The number of ether oxygens (including phenoxy) is 1. The number of carboxylic acid groups (broad SMARTS) is 1. The van der Waals surface area contributed by atoms with Crippen molar-refractivity contribution >= 4 is 17.3 Å². The molecular formula is C13H16N2O5. The number of rotatable bonds is 4. The van der Waals surface area contributed by atoms with Crippen LogP contribution >= 0.6 is 0 Å². The van der Waals surface area contributed by atoms with Crippen LogP contribution in [0.15, 0.2) is 12.1 Å². The normalized spacial score (nSPS) is 18.0. The molecule has 20 heavy (non-hydrogen) atoms. The first-order valence-corrected chi connectivity index (χ1v) is 6.24. The van der Waals surface area contributed by atoms with Gasteiger partial charge in [0.25, 0.3) is 5.69 Å². The first-order chi connectivity index (χ1) is 9.41. The first kappa shape index (κ1) is 14.3. The number of carbonyl (C=O) groups is 1. The number of nitro groups is 1. The second kappa shape index (κ2) is 5.46. The molecule has 0 bridgehead atoms. The summed E-state index contributed by atoms with van der Waals surface area (Å²) in [5, 5.41) is 20.1.